The van der Waals surface area contributed by atoms with Crippen LogP contribution < -0.4 is 19.9 Å². The maximum Gasteiger partial charge on any atom is 0.326 e. The van der Waals surface area contributed by atoms with E-state index < -0.39 is 22.7 Å². The molecule has 1 N–H and O–H groups in total. The van der Waals surface area contributed by atoms with Crippen LogP contribution in [0.3, 0.4) is 0 Å². The Balaban J connectivity index is 2.22. The van der Waals surface area contributed by atoms with Gasteiger partial charge in [0.05, 0.1) is 44.8 Å². The first kappa shape index (κ1) is 21.7. The lowest BCUT2D eigenvalue weighted by atomic mass is 9.96. The second-order valence-electron chi connectivity index (χ2n) is 6.71. The number of rotatable bonds is 8. The van der Waals surface area contributed by atoms with E-state index in [1.54, 1.807) is 19.1 Å². The van der Waals surface area contributed by atoms with Gasteiger partial charge >= 0.3 is 5.69 Å². The molecule has 0 saturated heterocycles. The van der Waals surface area contributed by atoms with Gasteiger partial charge in [0.15, 0.2) is 11.5 Å². The molecule has 30 heavy (non-hydrogen) atoms. The Bertz CT molecular complexity index is 1130. The fraction of sp³-hybridized carbons (Fsp3) is 0.333. The third-order valence-electron chi connectivity index (χ3n) is 4.98. The first-order valence-corrected chi connectivity index (χ1v) is 9.62. The van der Waals surface area contributed by atoms with Crippen LogP contribution in [0, 0.1) is 5.82 Å². The lowest BCUT2D eigenvalue weighted by molar-refractivity contribution is -0.113. The number of aromatic amines is 1. The summed E-state index contributed by atoms with van der Waals surface area (Å²) >= 11 is 5.76. The fourth-order valence-corrected chi connectivity index (χ4v) is 3.90. The van der Waals surface area contributed by atoms with Crippen LogP contribution in [-0.2, 0) is 11.3 Å². The smallest absolute Gasteiger partial charge is 0.326 e. The van der Waals surface area contributed by atoms with Crippen LogP contribution >= 0.6 is 11.6 Å². The lowest BCUT2D eigenvalue weighted by Crippen LogP contribution is -2.19. The van der Waals surface area contributed by atoms with Crippen LogP contribution in [0.1, 0.15) is 30.4 Å². The van der Waals surface area contributed by atoms with Gasteiger partial charge in [0, 0.05) is 0 Å². The minimum atomic E-state index is -0.744. The molecule has 0 amide bonds. The van der Waals surface area contributed by atoms with Crippen LogP contribution in [0.2, 0.25) is 0 Å². The number of aromatic nitrogens is 2. The van der Waals surface area contributed by atoms with Gasteiger partial charge in [0.1, 0.15) is 5.82 Å². The van der Waals surface area contributed by atoms with Crippen molar-refractivity contribution in [1.29, 1.82) is 0 Å². The number of hydrogen-bond donors (Lipinski definition) is 1. The summed E-state index contributed by atoms with van der Waals surface area (Å²) in [5, 5.41) is -0.614. The topological polar surface area (TPSA) is 82.6 Å². The number of imidazole rings is 1. The number of benzene rings is 2. The number of hydrogen-bond acceptors (Lipinski definition) is 5. The van der Waals surface area contributed by atoms with Gasteiger partial charge in [-0.1, -0.05) is 6.92 Å². The maximum atomic E-state index is 14.2. The Labute approximate surface area is 177 Å². The minimum Gasteiger partial charge on any atom is -0.493 e. The molecule has 3 rings (SSSR count). The summed E-state index contributed by atoms with van der Waals surface area (Å²) in [5.41, 5.74) is 1.32. The van der Waals surface area contributed by atoms with Crippen molar-refractivity contribution in [2.24, 2.45) is 0 Å². The average Bonchev–Trinajstić information content (AvgIpc) is 3.01. The van der Waals surface area contributed by atoms with E-state index in [2.05, 4.69) is 4.98 Å². The summed E-state index contributed by atoms with van der Waals surface area (Å²) in [6, 6.07) is 5.91. The molecule has 0 spiro atoms. The Morgan fingerprint density at radius 3 is 2.27 bits per heavy atom. The molecule has 0 radical (unpaired) electrons. The highest BCUT2D eigenvalue weighted by atomic mass is 35.5. The van der Waals surface area contributed by atoms with E-state index in [4.69, 9.17) is 25.8 Å². The zero-order valence-electron chi connectivity index (χ0n) is 17.0. The predicted molar refractivity (Wildman–Crippen MR) is 112 cm³/mol. The van der Waals surface area contributed by atoms with Gasteiger partial charge < -0.3 is 19.2 Å². The number of nitrogens with one attached hydrogen (secondary N) is 1. The zero-order valence-corrected chi connectivity index (χ0v) is 17.8. The molecule has 9 heteroatoms. The van der Waals surface area contributed by atoms with E-state index in [1.807, 2.05) is 0 Å². The van der Waals surface area contributed by atoms with Crippen LogP contribution in [0.5, 0.6) is 17.2 Å². The van der Waals surface area contributed by atoms with Gasteiger partial charge in [-0.3, -0.25) is 9.36 Å². The Morgan fingerprint density at radius 2 is 1.77 bits per heavy atom. The van der Waals surface area contributed by atoms with E-state index in [9.17, 15) is 14.0 Å². The van der Waals surface area contributed by atoms with Crippen LogP contribution in [0.15, 0.2) is 29.1 Å². The number of nitrogens with zero attached hydrogens (tertiary/aromatic N) is 1. The van der Waals surface area contributed by atoms with Crippen LogP contribution in [0.25, 0.3) is 11.0 Å². The number of carbonyl (C=O) groups is 1. The molecule has 1 heterocycles. The molecule has 0 saturated carbocycles. The Kier molecular flexibility index (Phi) is 6.36. The number of fused-ring (bicyclic) bond motifs is 1. The van der Waals surface area contributed by atoms with Crippen molar-refractivity contribution >= 4 is 27.9 Å². The van der Waals surface area contributed by atoms with E-state index in [0.29, 0.717) is 45.8 Å². The summed E-state index contributed by atoms with van der Waals surface area (Å²) in [7, 11) is 4.49. The third kappa shape index (κ3) is 3.87. The molecule has 0 aliphatic rings. The van der Waals surface area contributed by atoms with E-state index >= 15 is 0 Å². The number of ether oxygens (including phenoxy) is 3. The molecule has 0 fully saturated rings. The van der Waals surface area contributed by atoms with E-state index in [0.717, 1.165) is 0 Å². The molecule has 0 aliphatic heterocycles. The molecular formula is C21H22ClFN2O5. The summed E-state index contributed by atoms with van der Waals surface area (Å²) in [6.45, 7) is 1.90. The van der Waals surface area contributed by atoms with Gasteiger partial charge in [0.2, 0.25) is 11.0 Å². The van der Waals surface area contributed by atoms with Crippen molar-refractivity contribution in [3.8, 4) is 17.2 Å². The average molecular weight is 437 g/mol. The second-order valence-corrected chi connectivity index (χ2v) is 7.08. The predicted octanol–water partition coefficient (Wildman–Crippen LogP) is 3.80. The first-order chi connectivity index (χ1) is 14.3. The van der Waals surface area contributed by atoms with Gasteiger partial charge in [-0.25, -0.2) is 9.18 Å². The molecule has 160 valence electrons. The van der Waals surface area contributed by atoms with Crippen LogP contribution in [-0.4, -0.2) is 36.1 Å². The summed E-state index contributed by atoms with van der Waals surface area (Å²) in [5.74, 6) is -0.000339. The molecule has 1 aromatic heterocycles. The fourth-order valence-electron chi connectivity index (χ4n) is 3.63. The summed E-state index contributed by atoms with van der Waals surface area (Å²) in [6.07, 6.45) is 0.366. The molecule has 7 nitrogen and oxygen atoms in total. The van der Waals surface area contributed by atoms with E-state index in [1.165, 1.54) is 38.0 Å². The molecular weight excluding hydrogens is 415 g/mol. The van der Waals surface area contributed by atoms with Crippen molar-refractivity contribution in [1.82, 2.24) is 9.55 Å². The molecule has 0 aliphatic carbocycles. The largest absolute Gasteiger partial charge is 0.493 e. The van der Waals surface area contributed by atoms with Crippen molar-refractivity contribution in [2.45, 2.75) is 25.8 Å². The highest BCUT2D eigenvalue weighted by molar-refractivity contribution is 6.64. The van der Waals surface area contributed by atoms with E-state index in [-0.39, 0.29) is 6.54 Å². The van der Waals surface area contributed by atoms with Gasteiger partial charge in [-0.15, -0.1) is 0 Å². The zero-order chi connectivity index (χ0) is 22.0. The number of carbonyl (C=O) groups excluding carboxylic acids is 1. The quantitative estimate of drug-likeness (QED) is 0.543. The SMILES string of the molecule is CCC(C(=O)Cl)c1cc(F)cc2[nH]c(=O)n(Cc3cc(OC)c(OC)c(OC)c3)c12. The van der Waals surface area contributed by atoms with Crippen LogP contribution in [0.4, 0.5) is 4.39 Å². The summed E-state index contributed by atoms with van der Waals surface area (Å²) < 4.78 is 31.7. The lowest BCUT2D eigenvalue weighted by Gasteiger charge is -2.16. The standard InChI is InChI=1S/C21H22ClFN2O5/c1-5-13(20(22)26)14-8-12(23)9-15-18(14)25(21(27)24-15)10-11-6-16(28-2)19(30-4)17(7-11)29-3/h6-9,13H,5,10H2,1-4H3,(H,24,27). The van der Waals surface area contributed by atoms with Crippen molar-refractivity contribution in [3.05, 3.63) is 51.7 Å². The second kappa shape index (κ2) is 8.79. The molecule has 3 aromatic rings. The van der Waals surface area contributed by atoms with Crippen molar-refractivity contribution in [3.63, 3.8) is 0 Å². The Morgan fingerprint density at radius 1 is 1.13 bits per heavy atom. The maximum absolute atomic E-state index is 14.2. The van der Waals surface area contributed by atoms with Crippen molar-refractivity contribution in [2.75, 3.05) is 21.3 Å². The normalized spacial score (nSPS) is 12.1. The Hall–Kier alpha value is -3.00. The number of halogens is 2. The highest BCUT2D eigenvalue weighted by Gasteiger charge is 2.24. The number of H-pyrrole nitrogens is 1. The number of methoxy groups -OCH3 is 3. The molecule has 1 unspecified atom stereocenters. The van der Waals surface area contributed by atoms with Crippen molar-refractivity contribution < 1.29 is 23.4 Å². The monoisotopic (exact) mass is 436 g/mol. The molecule has 0 bridgehead atoms. The summed E-state index contributed by atoms with van der Waals surface area (Å²) in [4.78, 5) is 27.3. The minimum absolute atomic E-state index is 0.126. The first-order valence-electron chi connectivity index (χ1n) is 9.24. The highest BCUT2D eigenvalue weighted by Crippen LogP contribution is 2.38. The molecule has 1 atom stereocenters. The third-order valence-corrected chi connectivity index (χ3v) is 5.25. The molecule has 2 aromatic carbocycles. The van der Waals surface area contributed by atoms with Gasteiger partial charge in [0.25, 0.3) is 0 Å². The van der Waals surface area contributed by atoms with Gasteiger partial charge in [-0.2, -0.15) is 0 Å². The van der Waals surface area contributed by atoms with Gasteiger partial charge in [-0.05, 0) is 53.4 Å².